The molecule has 1 aromatic rings. The van der Waals surface area contributed by atoms with E-state index >= 15 is 0 Å². The molecule has 100 valence electrons. The molecule has 0 spiro atoms. The molecule has 0 bridgehead atoms. The van der Waals surface area contributed by atoms with Crippen LogP contribution in [0.2, 0.25) is 5.02 Å². The van der Waals surface area contributed by atoms with Crippen molar-refractivity contribution in [3.8, 4) is 5.75 Å². The highest BCUT2D eigenvalue weighted by atomic mass is 35.5. The summed E-state index contributed by atoms with van der Waals surface area (Å²) in [6.07, 6.45) is 3.56. The van der Waals surface area contributed by atoms with Gasteiger partial charge >= 0.3 is 0 Å². The van der Waals surface area contributed by atoms with Gasteiger partial charge in [0.25, 0.3) is 0 Å². The predicted octanol–water partition coefficient (Wildman–Crippen LogP) is 2.61. The third-order valence-electron chi connectivity index (χ3n) is 3.65. The Morgan fingerprint density at radius 2 is 2.28 bits per heavy atom. The number of likely N-dealkylation sites (tertiary alicyclic amines) is 1. The Kier molecular flexibility index (Phi) is 4.87. The molecule has 1 fully saturated rings. The molecule has 0 radical (unpaired) electrons. The molecular weight excluding hydrogens is 248 g/mol. The van der Waals surface area contributed by atoms with Gasteiger partial charge < -0.3 is 10.8 Å². The Morgan fingerprint density at radius 3 is 3.00 bits per heavy atom. The number of benzene rings is 1. The minimum absolute atomic E-state index is 0.295. The third-order valence-corrected chi connectivity index (χ3v) is 4.01. The number of hydrogen-bond acceptors (Lipinski definition) is 3. The van der Waals surface area contributed by atoms with E-state index in [1.807, 2.05) is 6.07 Å². The molecule has 0 aromatic heterocycles. The molecule has 18 heavy (non-hydrogen) atoms. The second kappa shape index (κ2) is 6.41. The fourth-order valence-electron chi connectivity index (χ4n) is 2.69. The first-order chi connectivity index (χ1) is 8.70. The van der Waals surface area contributed by atoms with Crippen LogP contribution < -0.4 is 5.73 Å². The molecule has 1 saturated heterocycles. The number of halogens is 1. The minimum Gasteiger partial charge on any atom is -0.508 e. The van der Waals surface area contributed by atoms with Crippen molar-refractivity contribution in [2.45, 2.75) is 25.8 Å². The average Bonchev–Trinajstić information content (AvgIpc) is 2.35. The highest BCUT2D eigenvalue weighted by molar-refractivity contribution is 6.31. The molecule has 1 unspecified atom stereocenters. The minimum atomic E-state index is 0.295. The van der Waals surface area contributed by atoms with Crippen molar-refractivity contribution >= 4 is 11.6 Å². The van der Waals surface area contributed by atoms with Crippen molar-refractivity contribution in [1.29, 1.82) is 0 Å². The first-order valence-corrected chi connectivity index (χ1v) is 6.97. The van der Waals surface area contributed by atoms with Gasteiger partial charge in [0, 0.05) is 23.7 Å². The maximum atomic E-state index is 9.86. The van der Waals surface area contributed by atoms with Gasteiger partial charge in [0.2, 0.25) is 0 Å². The molecule has 3 N–H and O–H groups in total. The Hall–Kier alpha value is -0.770. The van der Waals surface area contributed by atoms with Crippen LogP contribution in [0.5, 0.6) is 5.75 Å². The summed E-state index contributed by atoms with van der Waals surface area (Å²) in [5, 5.41) is 10.5. The number of nitrogens with zero attached hydrogens (tertiary/aromatic N) is 1. The Morgan fingerprint density at radius 1 is 1.44 bits per heavy atom. The molecule has 1 aliphatic heterocycles. The van der Waals surface area contributed by atoms with Gasteiger partial charge in [0.1, 0.15) is 5.75 Å². The summed E-state index contributed by atoms with van der Waals surface area (Å²) in [6, 6.07) is 5.30. The van der Waals surface area contributed by atoms with Gasteiger partial charge in [-0.15, -0.1) is 0 Å². The first-order valence-electron chi connectivity index (χ1n) is 6.59. The molecule has 1 atom stereocenters. The largest absolute Gasteiger partial charge is 0.508 e. The van der Waals surface area contributed by atoms with Crippen LogP contribution in [0.4, 0.5) is 0 Å². The Labute approximate surface area is 114 Å². The van der Waals surface area contributed by atoms with Crippen LogP contribution in [0, 0.1) is 5.92 Å². The van der Waals surface area contributed by atoms with Gasteiger partial charge in [-0.3, -0.25) is 4.90 Å². The van der Waals surface area contributed by atoms with Crippen LogP contribution >= 0.6 is 11.6 Å². The van der Waals surface area contributed by atoms with Crippen molar-refractivity contribution < 1.29 is 5.11 Å². The summed E-state index contributed by atoms with van der Waals surface area (Å²) in [5.74, 6) is 0.983. The zero-order valence-corrected chi connectivity index (χ0v) is 11.4. The van der Waals surface area contributed by atoms with Crippen molar-refractivity contribution in [2.24, 2.45) is 11.7 Å². The van der Waals surface area contributed by atoms with Crippen LogP contribution in [-0.4, -0.2) is 29.6 Å². The SMILES string of the molecule is NCCC1CCCN(Cc2c(O)cccc2Cl)C1. The molecule has 2 rings (SSSR count). The fraction of sp³-hybridized carbons (Fsp3) is 0.571. The van der Waals surface area contributed by atoms with Crippen molar-refractivity contribution in [2.75, 3.05) is 19.6 Å². The van der Waals surface area contributed by atoms with E-state index in [9.17, 15) is 5.11 Å². The van der Waals surface area contributed by atoms with Crippen LogP contribution in [0.3, 0.4) is 0 Å². The van der Waals surface area contributed by atoms with E-state index in [1.165, 1.54) is 12.8 Å². The van der Waals surface area contributed by atoms with Gasteiger partial charge in [-0.1, -0.05) is 17.7 Å². The fourth-order valence-corrected chi connectivity index (χ4v) is 2.92. The normalized spacial score (nSPS) is 21.1. The van der Waals surface area contributed by atoms with E-state index in [2.05, 4.69) is 4.90 Å². The van der Waals surface area contributed by atoms with Crippen LogP contribution in [0.25, 0.3) is 0 Å². The summed E-state index contributed by atoms with van der Waals surface area (Å²) < 4.78 is 0. The predicted molar refractivity (Wildman–Crippen MR) is 74.8 cm³/mol. The standard InChI is InChI=1S/C14H21ClN2O/c15-13-4-1-5-14(18)12(13)10-17-8-2-3-11(9-17)6-7-16/h1,4-5,11,18H,2-3,6-10,16H2. The molecular formula is C14H21ClN2O. The van der Waals surface area contributed by atoms with E-state index in [-0.39, 0.29) is 0 Å². The lowest BCUT2D eigenvalue weighted by Crippen LogP contribution is -2.35. The lowest BCUT2D eigenvalue weighted by Gasteiger charge is -2.32. The van der Waals surface area contributed by atoms with Crippen molar-refractivity contribution in [3.63, 3.8) is 0 Å². The van der Waals surface area contributed by atoms with E-state index in [0.717, 1.165) is 38.2 Å². The van der Waals surface area contributed by atoms with Crippen LogP contribution in [-0.2, 0) is 6.54 Å². The second-order valence-corrected chi connectivity index (χ2v) is 5.47. The summed E-state index contributed by atoms with van der Waals surface area (Å²) in [5.41, 5.74) is 6.47. The second-order valence-electron chi connectivity index (χ2n) is 5.06. The quantitative estimate of drug-likeness (QED) is 0.883. The number of phenols is 1. The van der Waals surface area contributed by atoms with E-state index in [1.54, 1.807) is 12.1 Å². The Balaban J connectivity index is 2.00. The Bertz CT molecular complexity index is 375. The molecule has 0 saturated carbocycles. The summed E-state index contributed by atoms with van der Waals surface area (Å²) in [4.78, 5) is 2.37. The third kappa shape index (κ3) is 3.37. The summed E-state index contributed by atoms with van der Waals surface area (Å²) in [7, 11) is 0. The number of hydrogen-bond donors (Lipinski definition) is 2. The molecule has 4 heteroatoms. The van der Waals surface area contributed by atoms with Gasteiger partial charge in [0.05, 0.1) is 0 Å². The van der Waals surface area contributed by atoms with E-state index in [0.29, 0.717) is 16.7 Å². The van der Waals surface area contributed by atoms with Gasteiger partial charge in [-0.05, 0) is 50.4 Å². The summed E-state index contributed by atoms with van der Waals surface area (Å²) in [6.45, 7) is 3.62. The number of nitrogens with two attached hydrogens (primary N) is 1. The van der Waals surface area contributed by atoms with Crippen LogP contribution in [0.1, 0.15) is 24.8 Å². The van der Waals surface area contributed by atoms with Crippen molar-refractivity contribution in [1.82, 2.24) is 4.90 Å². The monoisotopic (exact) mass is 268 g/mol. The number of piperidine rings is 1. The van der Waals surface area contributed by atoms with Crippen LogP contribution in [0.15, 0.2) is 18.2 Å². The van der Waals surface area contributed by atoms with Gasteiger partial charge in [-0.2, -0.15) is 0 Å². The lowest BCUT2D eigenvalue weighted by molar-refractivity contribution is 0.162. The number of phenolic OH excluding ortho intramolecular Hbond substituents is 1. The maximum Gasteiger partial charge on any atom is 0.121 e. The van der Waals surface area contributed by atoms with E-state index in [4.69, 9.17) is 17.3 Å². The topological polar surface area (TPSA) is 49.5 Å². The average molecular weight is 269 g/mol. The smallest absolute Gasteiger partial charge is 0.121 e. The molecule has 3 nitrogen and oxygen atoms in total. The van der Waals surface area contributed by atoms with Gasteiger partial charge in [0.15, 0.2) is 0 Å². The molecule has 1 aromatic carbocycles. The number of rotatable bonds is 4. The highest BCUT2D eigenvalue weighted by Gasteiger charge is 2.20. The molecule has 0 amide bonds. The molecule has 0 aliphatic carbocycles. The zero-order valence-electron chi connectivity index (χ0n) is 10.6. The molecule has 1 heterocycles. The highest BCUT2D eigenvalue weighted by Crippen LogP contribution is 2.28. The van der Waals surface area contributed by atoms with Gasteiger partial charge in [-0.25, -0.2) is 0 Å². The first kappa shape index (κ1) is 13.7. The van der Waals surface area contributed by atoms with Crippen molar-refractivity contribution in [3.05, 3.63) is 28.8 Å². The maximum absolute atomic E-state index is 9.86. The molecule has 1 aliphatic rings. The zero-order chi connectivity index (χ0) is 13.0. The lowest BCUT2D eigenvalue weighted by atomic mass is 9.94. The number of aromatic hydroxyl groups is 1. The summed E-state index contributed by atoms with van der Waals surface area (Å²) >= 11 is 6.14. The van der Waals surface area contributed by atoms with E-state index < -0.39 is 0 Å².